The first-order chi connectivity index (χ1) is 8.02. The van der Waals surface area contributed by atoms with Crippen LogP contribution in [-0.2, 0) is 11.2 Å². The molecule has 5 heteroatoms. The van der Waals surface area contributed by atoms with Crippen molar-refractivity contribution < 1.29 is 4.79 Å². The molecule has 3 N–H and O–H groups in total. The third-order valence-corrected chi connectivity index (χ3v) is 4.39. The number of aromatic nitrogens is 1. The molecule has 0 aliphatic heterocycles. The molecule has 17 heavy (non-hydrogen) atoms. The molecule has 0 spiro atoms. The van der Waals surface area contributed by atoms with Crippen LogP contribution in [0.1, 0.15) is 32.4 Å². The van der Waals surface area contributed by atoms with E-state index in [0.29, 0.717) is 22.9 Å². The average molecular weight is 253 g/mol. The largest absolute Gasteiger partial charge is 0.375 e. The standard InChI is InChI=1S/C12H19N3OS/c1-8(2)12(3-4-12)7-14-10(16)5-9-6-17-11(13)15-9/h6,8H,3-5,7H2,1-2H3,(H2,13,15)(H,14,16). The molecule has 0 unspecified atom stereocenters. The van der Waals surface area contributed by atoms with E-state index >= 15 is 0 Å². The number of nitrogen functional groups attached to an aromatic ring is 1. The summed E-state index contributed by atoms with van der Waals surface area (Å²) >= 11 is 1.37. The normalized spacial score (nSPS) is 17.1. The van der Waals surface area contributed by atoms with E-state index in [-0.39, 0.29) is 5.91 Å². The highest BCUT2D eigenvalue weighted by molar-refractivity contribution is 7.13. The summed E-state index contributed by atoms with van der Waals surface area (Å²) in [5, 5.41) is 5.37. The van der Waals surface area contributed by atoms with Crippen LogP contribution in [0, 0.1) is 11.3 Å². The van der Waals surface area contributed by atoms with E-state index in [0.717, 1.165) is 12.2 Å². The van der Waals surface area contributed by atoms with Crippen molar-refractivity contribution in [3.8, 4) is 0 Å². The number of amides is 1. The summed E-state index contributed by atoms with van der Waals surface area (Å²) in [7, 11) is 0. The molecule has 1 aliphatic rings. The Morgan fingerprint density at radius 3 is 2.82 bits per heavy atom. The van der Waals surface area contributed by atoms with Crippen molar-refractivity contribution in [1.29, 1.82) is 0 Å². The van der Waals surface area contributed by atoms with Crippen LogP contribution in [0.25, 0.3) is 0 Å². The van der Waals surface area contributed by atoms with Gasteiger partial charge in [-0.25, -0.2) is 4.98 Å². The summed E-state index contributed by atoms with van der Waals surface area (Å²) in [6.07, 6.45) is 2.80. The number of carbonyl (C=O) groups excluding carboxylic acids is 1. The fourth-order valence-corrected chi connectivity index (χ4v) is 2.59. The number of nitrogens with two attached hydrogens (primary N) is 1. The van der Waals surface area contributed by atoms with Gasteiger partial charge in [-0.15, -0.1) is 11.3 Å². The smallest absolute Gasteiger partial charge is 0.226 e. The maximum absolute atomic E-state index is 11.7. The lowest BCUT2D eigenvalue weighted by atomic mass is 9.92. The molecule has 1 amide bonds. The number of nitrogens with zero attached hydrogens (tertiary/aromatic N) is 1. The first-order valence-corrected chi connectivity index (χ1v) is 6.86. The van der Waals surface area contributed by atoms with Crippen LogP contribution >= 0.6 is 11.3 Å². The zero-order chi connectivity index (χ0) is 12.5. The molecule has 1 aromatic rings. The fourth-order valence-electron chi connectivity index (χ4n) is 2.02. The zero-order valence-electron chi connectivity index (χ0n) is 10.3. The Bertz CT molecular complexity index is 410. The van der Waals surface area contributed by atoms with Gasteiger partial charge in [0.1, 0.15) is 0 Å². The van der Waals surface area contributed by atoms with Crippen LogP contribution < -0.4 is 11.1 Å². The molecule has 4 nitrogen and oxygen atoms in total. The predicted molar refractivity (Wildman–Crippen MR) is 69.7 cm³/mol. The van der Waals surface area contributed by atoms with Gasteiger partial charge >= 0.3 is 0 Å². The van der Waals surface area contributed by atoms with E-state index in [9.17, 15) is 4.79 Å². The number of anilines is 1. The Hall–Kier alpha value is -1.10. The van der Waals surface area contributed by atoms with E-state index in [1.807, 2.05) is 5.38 Å². The number of thiazole rings is 1. The van der Waals surface area contributed by atoms with Crippen LogP contribution in [0.4, 0.5) is 5.13 Å². The highest BCUT2D eigenvalue weighted by atomic mass is 32.1. The van der Waals surface area contributed by atoms with E-state index in [1.54, 1.807) is 0 Å². The summed E-state index contributed by atoms with van der Waals surface area (Å²) in [6.45, 7) is 5.24. The van der Waals surface area contributed by atoms with Gasteiger partial charge in [0.25, 0.3) is 0 Å². The second-order valence-corrected chi connectivity index (χ2v) is 6.04. The molecule has 0 aromatic carbocycles. The van der Waals surface area contributed by atoms with E-state index in [4.69, 9.17) is 5.73 Å². The highest BCUT2D eigenvalue weighted by Gasteiger charge is 2.45. The lowest BCUT2D eigenvalue weighted by Crippen LogP contribution is -2.33. The zero-order valence-corrected chi connectivity index (χ0v) is 11.1. The van der Waals surface area contributed by atoms with Gasteiger partial charge in [-0.1, -0.05) is 13.8 Å². The van der Waals surface area contributed by atoms with E-state index in [1.165, 1.54) is 24.2 Å². The van der Waals surface area contributed by atoms with E-state index < -0.39 is 0 Å². The minimum absolute atomic E-state index is 0.0437. The van der Waals surface area contributed by atoms with Gasteiger partial charge < -0.3 is 11.1 Å². The van der Waals surface area contributed by atoms with Crippen molar-refractivity contribution in [1.82, 2.24) is 10.3 Å². The van der Waals surface area contributed by atoms with Crippen molar-refractivity contribution in [3.63, 3.8) is 0 Å². The molecule has 0 saturated heterocycles. The van der Waals surface area contributed by atoms with Crippen LogP contribution in [0.3, 0.4) is 0 Å². The monoisotopic (exact) mass is 253 g/mol. The summed E-state index contributed by atoms with van der Waals surface area (Å²) < 4.78 is 0. The second kappa shape index (κ2) is 4.64. The Morgan fingerprint density at radius 1 is 1.65 bits per heavy atom. The molecule has 1 heterocycles. The Morgan fingerprint density at radius 2 is 2.35 bits per heavy atom. The third kappa shape index (κ3) is 2.97. The van der Waals surface area contributed by atoms with Gasteiger partial charge in [0.05, 0.1) is 12.1 Å². The van der Waals surface area contributed by atoms with Gasteiger partial charge in [0.15, 0.2) is 5.13 Å². The minimum atomic E-state index is 0.0437. The Kier molecular flexibility index (Phi) is 3.38. The summed E-state index contributed by atoms with van der Waals surface area (Å²) in [5.41, 5.74) is 6.64. The molecule has 1 aromatic heterocycles. The highest BCUT2D eigenvalue weighted by Crippen LogP contribution is 2.51. The number of carbonyl (C=O) groups is 1. The van der Waals surface area contributed by atoms with Gasteiger partial charge in [0.2, 0.25) is 5.91 Å². The molecular formula is C12H19N3OS. The van der Waals surface area contributed by atoms with Crippen LogP contribution in [0.5, 0.6) is 0 Å². The first-order valence-electron chi connectivity index (χ1n) is 5.98. The summed E-state index contributed by atoms with van der Waals surface area (Å²) in [6, 6.07) is 0. The molecule has 2 rings (SSSR count). The van der Waals surface area contributed by atoms with Crippen LogP contribution in [-0.4, -0.2) is 17.4 Å². The van der Waals surface area contributed by atoms with Gasteiger partial charge in [-0.05, 0) is 24.2 Å². The van der Waals surface area contributed by atoms with Crippen molar-refractivity contribution in [2.45, 2.75) is 33.1 Å². The molecule has 1 saturated carbocycles. The average Bonchev–Trinajstić information content (AvgIpc) is 2.96. The molecular weight excluding hydrogens is 234 g/mol. The Labute approximate surface area is 106 Å². The fraction of sp³-hybridized carbons (Fsp3) is 0.667. The van der Waals surface area contributed by atoms with Gasteiger partial charge in [-0.2, -0.15) is 0 Å². The molecule has 94 valence electrons. The lowest BCUT2D eigenvalue weighted by molar-refractivity contribution is -0.120. The molecule has 1 aliphatic carbocycles. The summed E-state index contributed by atoms with van der Waals surface area (Å²) in [4.78, 5) is 15.8. The van der Waals surface area contributed by atoms with Crippen molar-refractivity contribution >= 4 is 22.4 Å². The lowest BCUT2D eigenvalue weighted by Gasteiger charge is -2.19. The Balaban J connectivity index is 1.78. The minimum Gasteiger partial charge on any atom is -0.375 e. The predicted octanol–water partition coefficient (Wildman–Crippen LogP) is 1.82. The molecule has 0 atom stereocenters. The van der Waals surface area contributed by atoms with Crippen molar-refractivity contribution in [2.75, 3.05) is 12.3 Å². The number of hydrogen-bond acceptors (Lipinski definition) is 4. The number of hydrogen-bond donors (Lipinski definition) is 2. The van der Waals surface area contributed by atoms with Crippen LogP contribution in [0.15, 0.2) is 5.38 Å². The van der Waals surface area contributed by atoms with E-state index in [2.05, 4.69) is 24.1 Å². The topological polar surface area (TPSA) is 68.0 Å². The number of rotatable bonds is 5. The molecule has 0 radical (unpaired) electrons. The van der Waals surface area contributed by atoms with Crippen LogP contribution in [0.2, 0.25) is 0 Å². The van der Waals surface area contributed by atoms with Gasteiger partial charge in [0, 0.05) is 11.9 Å². The maximum Gasteiger partial charge on any atom is 0.226 e. The second-order valence-electron chi connectivity index (χ2n) is 5.15. The quantitative estimate of drug-likeness (QED) is 0.841. The number of nitrogens with one attached hydrogen (secondary N) is 1. The first kappa shape index (κ1) is 12.4. The summed E-state index contributed by atoms with van der Waals surface area (Å²) in [5.74, 6) is 0.681. The van der Waals surface area contributed by atoms with Crippen molar-refractivity contribution in [2.24, 2.45) is 11.3 Å². The molecule has 1 fully saturated rings. The van der Waals surface area contributed by atoms with Crippen molar-refractivity contribution in [3.05, 3.63) is 11.1 Å². The maximum atomic E-state index is 11.7. The van der Waals surface area contributed by atoms with Gasteiger partial charge in [-0.3, -0.25) is 4.79 Å². The third-order valence-electron chi connectivity index (χ3n) is 3.67. The molecule has 0 bridgehead atoms. The SMILES string of the molecule is CC(C)C1(CNC(=O)Cc2csc(N)n2)CC1.